The van der Waals surface area contributed by atoms with Gasteiger partial charge in [0.05, 0.1) is 0 Å². The van der Waals surface area contributed by atoms with Crippen LogP contribution in [-0.2, 0) is 4.79 Å². The lowest BCUT2D eigenvalue weighted by atomic mass is 9.95. The highest BCUT2D eigenvalue weighted by molar-refractivity contribution is 5.98. The summed E-state index contributed by atoms with van der Waals surface area (Å²) in [6, 6.07) is 9.76. The summed E-state index contributed by atoms with van der Waals surface area (Å²) in [7, 11) is 0. The first-order valence-electron chi connectivity index (χ1n) is 8.36. The summed E-state index contributed by atoms with van der Waals surface area (Å²) >= 11 is 0. The van der Waals surface area contributed by atoms with Crippen LogP contribution in [0.4, 0.5) is 0 Å². The van der Waals surface area contributed by atoms with Gasteiger partial charge in [-0.1, -0.05) is 12.1 Å². The number of hydroxylamine groups is 1. The molecule has 0 aliphatic heterocycles. The minimum atomic E-state index is -1.08. The van der Waals surface area contributed by atoms with Gasteiger partial charge in [0, 0.05) is 29.7 Å². The van der Waals surface area contributed by atoms with Crippen molar-refractivity contribution in [3.8, 4) is 11.1 Å². The Hall–Kier alpha value is -3.23. The second kappa shape index (κ2) is 7.18. The number of benzene rings is 1. The SMILES string of the molecule is CC(C)(N)C(NC(=O)c1ccc(-c2ccc3nccn3c2)cc1)C(=O)NO. The molecule has 2 amide bonds. The zero-order chi connectivity index (χ0) is 19.6. The minimum absolute atomic E-state index is 0.377. The number of aromatic nitrogens is 2. The lowest BCUT2D eigenvalue weighted by Crippen LogP contribution is -2.61. The number of carbonyl (C=O) groups is 2. The molecule has 8 heteroatoms. The van der Waals surface area contributed by atoms with Crippen molar-refractivity contribution in [3.05, 3.63) is 60.6 Å². The Kier molecular flexibility index (Phi) is 4.93. The van der Waals surface area contributed by atoms with Crippen LogP contribution in [0.15, 0.2) is 55.0 Å². The third-order valence-corrected chi connectivity index (χ3v) is 4.26. The molecule has 8 nitrogen and oxygen atoms in total. The van der Waals surface area contributed by atoms with Gasteiger partial charge in [-0.25, -0.2) is 10.5 Å². The first-order chi connectivity index (χ1) is 12.8. The molecule has 0 aliphatic rings. The van der Waals surface area contributed by atoms with E-state index in [1.807, 2.05) is 41.1 Å². The van der Waals surface area contributed by atoms with Crippen LogP contribution in [0.3, 0.4) is 0 Å². The summed E-state index contributed by atoms with van der Waals surface area (Å²) in [5, 5.41) is 11.4. The Bertz CT molecular complexity index is 973. The van der Waals surface area contributed by atoms with Gasteiger partial charge in [-0.05, 0) is 49.2 Å². The Labute approximate surface area is 156 Å². The van der Waals surface area contributed by atoms with Gasteiger partial charge in [-0.15, -0.1) is 0 Å². The quantitative estimate of drug-likeness (QED) is 0.400. The molecule has 1 aromatic carbocycles. The molecule has 3 rings (SSSR count). The van der Waals surface area contributed by atoms with E-state index < -0.39 is 23.4 Å². The molecule has 5 N–H and O–H groups in total. The van der Waals surface area contributed by atoms with Crippen molar-refractivity contribution >= 4 is 17.5 Å². The van der Waals surface area contributed by atoms with Crippen molar-refractivity contribution in [2.45, 2.75) is 25.4 Å². The Morgan fingerprint density at radius 1 is 1.15 bits per heavy atom. The van der Waals surface area contributed by atoms with E-state index in [0.717, 1.165) is 16.8 Å². The molecule has 0 radical (unpaired) electrons. The second-order valence-electron chi connectivity index (χ2n) is 6.89. The highest BCUT2D eigenvalue weighted by Crippen LogP contribution is 2.20. The maximum atomic E-state index is 12.5. The van der Waals surface area contributed by atoms with Crippen molar-refractivity contribution in [1.82, 2.24) is 20.2 Å². The molecule has 3 aromatic rings. The average Bonchev–Trinajstić information content (AvgIpc) is 3.12. The van der Waals surface area contributed by atoms with Crippen molar-refractivity contribution < 1.29 is 14.8 Å². The fourth-order valence-electron chi connectivity index (χ4n) is 2.77. The number of pyridine rings is 1. The molecule has 1 atom stereocenters. The van der Waals surface area contributed by atoms with E-state index in [-0.39, 0.29) is 0 Å². The molecule has 27 heavy (non-hydrogen) atoms. The predicted octanol–water partition coefficient (Wildman–Crippen LogP) is 1.34. The van der Waals surface area contributed by atoms with Crippen LogP contribution in [-0.4, -0.2) is 38.0 Å². The van der Waals surface area contributed by atoms with Crippen molar-refractivity contribution in [3.63, 3.8) is 0 Å². The number of nitrogens with one attached hydrogen (secondary N) is 2. The number of imidazole rings is 1. The van der Waals surface area contributed by atoms with Crippen LogP contribution < -0.4 is 16.5 Å². The lowest BCUT2D eigenvalue weighted by molar-refractivity contribution is -0.132. The molecule has 140 valence electrons. The van der Waals surface area contributed by atoms with Crippen molar-refractivity contribution in [1.29, 1.82) is 0 Å². The first-order valence-corrected chi connectivity index (χ1v) is 8.36. The molecule has 2 aromatic heterocycles. The largest absolute Gasteiger partial charge is 0.338 e. The van der Waals surface area contributed by atoms with Crippen LogP contribution in [0.2, 0.25) is 0 Å². The smallest absolute Gasteiger partial charge is 0.267 e. The van der Waals surface area contributed by atoms with E-state index in [2.05, 4.69) is 10.3 Å². The molecule has 0 aliphatic carbocycles. The second-order valence-corrected chi connectivity index (χ2v) is 6.89. The average molecular weight is 367 g/mol. The number of nitrogens with two attached hydrogens (primary N) is 1. The van der Waals surface area contributed by atoms with Gasteiger partial charge < -0.3 is 15.5 Å². The number of carbonyl (C=O) groups excluding carboxylic acids is 2. The number of fused-ring (bicyclic) bond motifs is 1. The van der Waals surface area contributed by atoms with Crippen LogP contribution in [0.25, 0.3) is 16.8 Å². The Morgan fingerprint density at radius 3 is 2.44 bits per heavy atom. The Morgan fingerprint density at radius 2 is 1.81 bits per heavy atom. The highest BCUT2D eigenvalue weighted by Gasteiger charge is 2.33. The summed E-state index contributed by atoms with van der Waals surface area (Å²) < 4.78 is 1.91. The van der Waals surface area contributed by atoms with Gasteiger partial charge in [0.2, 0.25) is 0 Å². The zero-order valence-corrected chi connectivity index (χ0v) is 15.0. The highest BCUT2D eigenvalue weighted by atomic mass is 16.5. The van der Waals surface area contributed by atoms with Crippen LogP contribution in [0.1, 0.15) is 24.2 Å². The van der Waals surface area contributed by atoms with Crippen LogP contribution in [0, 0.1) is 0 Å². The number of rotatable bonds is 5. The number of hydrogen-bond donors (Lipinski definition) is 4. The fourth-order valence-corrected chi connectivity index (χ4v) is 2.77. The number of hydrogen-bond acceptors (Lipinski definition) is 5. The first kappa shape index (κ1) is 18.6. The fraction of sp³-hybridized carbons (Fsp3) is 0.211. The molecule has 2 heterocycles. The third-order valence-electron chi connectivity index (χ3n) is 4.26. The molecule has 0 spiro atoms. The molecule has 0 saturated heterocycles. The summed E-state index contributed by atoms with van der Waals surface area (Å²) in [6.45, 7) is 3.17. The van der Waals surface area contributed by atoms with Crippen molar-refractivity contribution in [2.75, 3.05) is 0 Å². The summed E-state index contributed by atoms with van der Waals surface area (Å²) in [5.41, 5.74) is 9.55. The van der Waals surface area contributed by atoms with Crippen LogP contribution in [0.5, 0.6) is 0 Å². The third kappa shape index (κ3) is 3.97. The van der Waals surface area contributed by atoms with Gasteiger partial charge in [0.1, 0.15) is 11.7 Å². The number of amides is 2. The van der Waals surface area contributed by atoms with Gasteiger partial charge in [-0.3, -0.25) is 14.8 Å². The topological polar surface area (TPSA) is 122 Å². The summed E-state index contributed by atoms with van der Waals surface area (Å²) in [4.78, 5) is 28.5. The summed E-state index contributed by atoms with van der Waals surface area (Å²) in [5.74, 6) is -1.24. The van der Waals surface area contributed by atoms with E-state index in [1.165, 1.54) is 5.48 Å². The van der Waals surface area contributed by atoms with Crippen LogP contribution >= 0.6 is 0 Å². The normalized spacial score (nSPS) is 12.6. The van der Waals surface area contributed by atoms with E-state index in [4.69, 9.17) is 10.9 Å². The molecule has 0 fully saturated rings. The molecular formula is C19H21N5O3. The maximum Gasteiger partial charge on any atom is 0.267 e. The monoisotopic (exact) mass is 367 g/mol. The molecule has 0 bridgehead atoms. The van der Waals surface area contributed by atoms with Gasteiger partial charge >= 0.3 is 0 Å². The molecule has 0 saturated carbocycles. The van der Waals surface area contributed by atoms with Gasteiger partial charge in [0.25, 0.3) is 11.8 Å². The summed E-state index contributed by atoms with van der Waals surface area (Å²) in [6.07, 6.45) is 5.54. The zero-order valence-electron chi connectivity index (χ0n) is 15.0. The lowest BCUT2D eigenvalue weighted by Gasteiger charge is -2.29. The Balaban J connectivity index is 1.79. The van der Waals surface area contributed by atoms with Crippen molar-refractivity contribution in [2.24, 2.45) is 5.73 Å². The molecular weight excluding hydrogens is 346 g/mol. The predicted molar refractivity (Wildman–Crippen MR) is 100 cm³/mol. The maximum absolute atomic E-state index is 12.5. The minimum Gasteiger partial charge on any atom is -0.338 e. The van der Waals surface area contributed by atoms with E-state index >= 15 is 0 Å². The van der Waals surface area contributed by atoms with E-state index in [0.29, 0.717) is 5.56 Å². The standard InChI is InChI=1S/C19H21N5O3/c1-19(2,20)16(18(26)23-27)22-17(25)13-5-3-12(4-6-13)14-7-8-15-21-9-10-24(15)11-14/h3-11,16,27H,20H2,1-2H3,(H,22,25)(H,23,26). The van der Waals surface area contributed by atoms with E-state index in [1.54, 1.807) is 32.2 Å². The number of nitrogens with zero attached hydrogens (tertiary/aromatic N) is 2. The van der Waals surface area contributed by atoms with Gasteiger partial charge in [-0.2, -0.15) is 0 Å². The molecule has 1 unspecified atom stereocenters. The van der Waals surface area contributed by atoms with E-state index in [9.17, 15) is 9.59 Å². The van der Waals surface area contributed by atoms with Gasteiger partial charge in [0.15, 0.2) is 0 Å².